The van der Waals surface area contributed by atoms with E-state index in [1.807, 2.05) is 36.4 Å². The number of unbranched alkanes of at least 4 members (excludes halogenated alkanes) is 1. The second kappa shape index (κ2) is 15.2. The molecular weight excluding hydrogens is 641 g/mol. The van der Waals surface area contributed by atoms with E-state index in [1.54, 1.807) is 24.3 Å². The Morgan fingerprint density at radius 3 is 2.20 bits per heavy atom. The van der Waals surface area contributed by atoms with Gasteiger partial charge in [0, 0.05) is 17.1 Å². The number of nitrogens with one attached hydrogen (secondary N) is 2. The molecule has 2 amide bonds. The standard InChI is InChI=1S/C35H40ClFN4O3P2/c1-2-41(21-9-19-38-32(42)30-31(44-23-40-30)24-14-16-25(36)17-15-24)20-8-7-18-34(33(43)39-22-35(37,45)46)28-12-5-3-10-26(28)27-11-4-6-13-29(27)34/h3-6,10-17,23H,2,7-9,18-22,45-46H2,1H3,(H,38,42)(H,39,43). The van der Waals surface area contributed by atoms with E-state index in [4.69, 9.17) is 16.0 Å². The van der Waals surface area contributed by atoms with Gasteiger partial charge in [0.15, 0.2) is 23.0 Å². The number of oxazole rings is 1. The van der Waals surface area contributed by atoms with Crippen molar-refractivity contribution in [1.82, 2.24) is 20.5 Å². The van der Waals surface area contributed by atoms with Crippen LogP contribution in [0.3, 0.4) is 0 Å². The molecule has 3 aromatic carbocycles. The number of halogens is 2. The second-order valence-corrected chi connectivity index (χ2v) is 14.7. The lowest BCUT2D eigenvalue weighted by molar-refractivity contribution is -0.125. The van der Waals surface area contributed by atoms with Crippen molar-refractivity contribution in [2.24, 2.45) is 0 Å². The van der Waals surface area contributed by atoms with Crippen LogP contribution in [0.5, 0.6) is 0 Å². The van der Waals surface area contributed by atoms with E-state index in [0.717, 1.165) is 66.7 Å². The van der Waals surface area contributed by atoms with Crippen molar-refractivity contribution >= 4 is 41.9 Å². The molecule has 1 aliphatic carbocycles. The number of fused-ring (bicyclic) bond motifs is 3. The number of hydrogen-bond acceptors (Lipinski definition) is 5. The van der Waals surface area contributed by atoms with Crippen LogP contribution >= 0.6 is 30.1 Å². The minimum absolute atomic E-state index is 0.119. The molecule has 0 aliphatic heterocycles. The fourth-order valence-electron chi connectivity index (χ4n) is 6.28. The first-order valence-electron chi connectivity index (χ1n) is 15.6. The molecular formula is C35H40ClFN4O3P2. The monoisotopic (exact) mass is 680 g/mol. The van der Waals surface area contributed by atoms with Crippen LogP contribution in [-0.2, 0) is 10.2 Å². The molecule has 0 spiro atoms. The van der Waals surface area contributed by atoms with Gasteiger partial charge in [-0.3, -0.25) is 9.59 Å². The zero-order chi connectivity index (χ0) is 32.7. The molecule has 1 aromatic heterocycles. The van der Waals surface area contributed by atoms with Crippen molar-refractivity contribution in [2.75, 3.05) is 32.7 Å². The molecule has 242 valence electrons. The number of hydrogen-bond donors (Lipinski definition) is 2. The van der Waals surface area contributed by atoms with Gasteiger partial charge in [-0.15, -0.1) is 0 Å². The molecule has 0 radical (unpaired) electrons. The van der Waals surface area contributed by atoms with Crippen LogP contribution in [0.4, 0.5) is 4.39 Å². The van der Waals surface area contributed by atoms with Gasteiger partial charge in [-0.25, -0.2) is 9.37 Å². The molecule has 2 unspecified atom stereocenters. The van der Waals surface area contributed by atoms with Gasteiger partial charge in [-0.1, -0.05) is 92.0 Å². The lowest BCUT2D eigenvalue weighted by Crippen LogP contribution is -2.46. The fourth-order valence-corrected chi connectivity index (χ4v) is 6.61. The highest BCUT2D eigenvalue weighted by atomic mass is 35.5. The molecule has 0 bridgehead atoms. The molecule has 46 heavy (non-hydrogen) atoms. The maximum atomic E-state index is 14.4. The predicted octanol–water partition coefficient (Wildman–Crippen LogP) is 7.06. The maximum absolute atomic E-state index is 14.4. The smallest absolute Gasteiger partial charge is 0.273 e. The van der Waals surface area contributed by atoms with Crippen LogP contribution < -0.4 is 10.6 Å². The maximum Gasteiger partial charge on any atom is 0.273 e. The SMILES string of the molecule is CCN(CCCCC1(C(=O)NCC(F)(P)P)c2ccccc2-c2ccccc21)CCCNC(=O)c1ncoc1-c1ccc(Cl)cc1. The summed E-state index contributed by atoms with van der Waals surface area (Å²) in [5.41, 5.74) is 4.15. The summed E-state index contributed by atoms with van der Waals surface area (Å²) in [6, 6.07) is 23.2. The summed E-state index contributed by atoms with van der Waals surface area (Å²) in [4.78, 5) is 33.3. The van der Waals surface area contributed by atoms with Crippen LogP contribution in [0.2, 0.25) is 5.02 Å². The summed E-state index contributed by atoms with van der Waals surface area (Å²) in [6.07, 6.45) is 4.36. The van der Waals surface area contributed by atoms with Crippen LogP contribution in [0, 0.1) is 0 Å². The number of carbonyl (C=O) groups is 2. The number of aromatic nitrogens is 1. The average Bonchev–Trinajstić information content (AvgIpc) is 3.65. The molecule has 2 atom stereocenters. The first-order chi connectivity index (χ1) is 22.1. The Balaban J connectivity index is 1.17. The quantitative estimate of drug-likeness (QED) is 0.104. The Kier molecular flexibility index (Phi) is 11.3. The van der Waals surface area contributed by atoms with Crippen molar-refractivity contribution in [3.05, 3.63) is 101 Å². The van der Waals surface area contributed by atoms with Gasteiger partial charge in [0.2, 0.25) is 5.91 Å². The number of rotatable bonds is 15. The Morgan fingerprint density at radius 1 is 0.935 bits per heavy atom. The lowest BCUT2D eigenvalue weighted by atomic mass is 9.73. The summed E-state index contributed by atoms with van der Waals surface area (Å²) in [5, 5.41) is 4.79. The normalized spacial score (nSPS) is 13.3. The first-order valence-corrected chi connectivity index (χ1v) is 17.1. The van der Waals surface area contributed by atoms with Crippen molar-refractivity contribution in [3.8, 4) is 22.5 Å². The van der Waals surface area contributed by atoms with Gasteiger partial charge in [0.25, 0.3) is 5.91 Å². The molecule has 4 aromatic rings. The van der Waals surface area contributed by atoms with E-state index in [-0.39, 0.29) is 24.1 Å². The summed E-state index contributed by atoms with van der Waals surface area (Å²) < 4.78 is 19.9. The van der Waals surface area contributed by atoms with Crippen molar-refractivity contribution in [1.29, 1.82) is 0 Å². The van der Waals surface area contributed by atoms with Crippen LogP contribution in [-0.4, -0.2) is 59.6 Å². The van der Waals surface area contributed by atoms with Crippen molar-refractivity contribution in [3.63, 3.8) is 0 Å². The number of carbonyl (C=O) groups excluding carboxylic acids is 2. The average molecular weight is 681 g/mol. The Bertz CT molecular complexity index is 1610. The third kappa shape index (κ3) is 7.69. The van der Waals surface area contributed by atoms with Crippen LogP contribution in [0.15, 0.2) is 83.6 Å². The topological polar surface area (TPSA) is 87.5 Å². The van der Waals surface area contributed by atoms with E-state index in [0.29, 0.717) is 23.7 Å². The van der Waals surface area contributed by atoms with Gasteiger partial charge in [-0.2, -0.15) is 0 Å². The van der Waals surface area contributed by atoms with Gasteiger partial charge >= 0.3 is 0 Å². The molecule has 1 aliphatic rings. The number of nitrogens with zero attached hydrogens (tertiary/aromatic N) is 2. The molecule has 1 heterocycles. The van der Waals surface area contributed by atoms with E-state index < -0.39 is 10.6 Å². The van der Waals surface area contributed by atoms with E-state index >= 15 is 0 Å². The molecule has 5 rings (SSSR count). The summed E-state index contributed by atoms with van der Waals surface area (Å²) in [6.45, 7) is 5.06. The zero-order valence-corrected chi connectivity index (χ0v) is 29.0. The van der Waals surface area contributed by atoms with Gasteiger partial charge < -0.3 is 20.0 Å². The second-order valence-electron chi connectivity index (χ2n) is 11.6. The zero-order valence-electron chi connectivity index (χ0n) is 25.9. The van der Waals surface area contributed by atoms with E-state index in [2.05, 4.69) is 58.1 Å². The highest BCUT2D eigenvalue weighted by Gasteiger charge is 2.48. The minimum atomic E-state index is -1.68. The van der Waals surface area contributed by atoms with E-state index in [9.17, 15) is 14.0 Å². The molecule has 0 saturated heterocycles. The summed E-state index contributed by atoms with van der Waals surface area (Å²) in [7, 11) is 4.26. The number of alkyl halides is 1. The van der Waals surface area contributed by atoms with Gasteiger partial charge in [0.05, 0.1) is 6.54 Å². The fraction of sp³-hybridized carbons (Fsp3) is 0.343. The number of amides is 2. The van der Waals surface area contributed by atoms with Gasteiger partial charge in [0.1, 0.15) is 5.41 Å². The third-order valence-electron chi connectivity index (χ3n) is 8.52. The Morgan fingerprint density at radius 2 is 1.57 bits per heavy atom. The predicted molar refractivity (Wildman–Crippen MR) is 189 cm³/mol. The van der Waals surface area contributed by atoms with Gasteiger partial charge in [-0.05, 0) is 85.4 Å². The molecule has 2 N–H and O–H groups in total. The summed E-state index contributed by atoms with van der Waals surface area (Å²) >= 11 is 5.99. The molecule has 0 saturated carbocycles. The Hall–Kier alpha value is -3.15. The lowest BCUT2D eigenvalue weighted by Gasteiger charge is -2.32. The highest BCUT2D eigenvalue weighted by molar-refractivity contribution is 7.39. The molecule has 7 nitrogen and oxygen atoms in total. The number of benzene rings is 3. The largest absolute Gasteiger partial charge is 0.443 e. The van der Waals surface area contributed by atoms with Crippen molar-refractivity contribution in [2.45, 2.75) is 43.2 Å². The first kappa shape index (κ1) is 34.2. The molecule has 0 fully saturated rings. The molecule has 11 heteroatoms. The highest BCUT2D eigenvalue weighted by Crippen LogP contribution is 2.51. The van der Waals surface area contributed by atoms with Crippen LogP contribution in [0.1, 0.15) is 54.2 Å². The minimum Gasteiger partial charge on any atom is -0.443 e. The Labute approximate surface area is 279 Å². The summed E-state index contributed by atoms with van der Waals surface area (Å²) in [5.74, 6) is -0.0449. The third-order valence-corrected chi connectivity index (χ3v) is 9.18. The van der Waals surface area contributed by atoms with Crippen molar-refractivity contribution < 1.29 is 18.4 Å². The van der Waals surface area contributed by atoms with Crippen LogP contribution in [0.25, 0.3) is 22.5 Å². The van der Waals surface area contributed by atoms with E-state index in [1.165, 1.54) is 6.39 Å².